The van der Waals surface area contributed by atoms with Gasteiger partial charge in [-0.3, -0.25) is 4.79 Å². The SMILES string of the molecule is NC(=O)c1c(-c2ccc(C(F)(F)F)cc2)cccc1-c1ccc2c(c1)CCNC2. The lowest BCUT2D eigenvalue weighted by atomic mass is 9.89. The molecule has 4 rings (SSSR count). The van der Waals surface area contributed by atoms with Crippen molar-refractivity contribution in [3.8, 4) is 22.3 Å². The maximum Gasteiger partial charge on any atom is 0.416 e. The Morgan fingerprint density at radius 2 is 1.55 bits per heavy atom. The summed E-state index contributed by atoms with van der Waals surface area (Å²) in [4.78, 5) is 12.3. The van der Waals surface area contributed by atoms with Gasteiger partial charge in [-0.25, -0.2) is 0 Å². The fourth-order valence-corrected chi connectivity index (χ4v) is 3.78. The molecule has 3 aromatic rings. The lowest BCUT2D eigenvalue weighted by Crippen LogP contribution is -2.23. The number of hydrogen-bond acceptors (Lipinski definition) is 2. The summed E-state index contributed by atoms with van der Waals surface area (Å²) in [6.07, 6.45) is -3.52. The van der Waals surface area contributed by atoms with Crippen LogP contribution in [0, 0.1) is 0 Å². The zero-order chi connectivity index (χ0) is 20.6. The van der Waals surface area contributed by atoms with Gasteiger partial charge in [0.1, 0.15) is 0 Å². The van der Waals surface area contributed by atoms with E-state index in [1.165, 1.54) is 23.3 Å². The van der Waals surface area contributed by atoms with Crippen LogP contribution >= 0.6 is 0 Å². The lowest BCUT2D eigenvalue weighted by Gasteiger charge is -2.19. The molecule has 1 amide bonds. The number of amides is 1. The third-order valence-corrected chi connectivity index (χ3v) is 5.24. The average Bonchev–Trinajstić information content (AvgIpc) is 2.72. The van der Waals surface area contributed by atoms with Gasteiger partial charge in [0.05, 0.1) is 11.1 Å². The molecular formula is C23H19F3N2O. The predicted octanol–water partition coefficient (Wildman–Crippen LogP) is 4.78. The van der Waals surface area contributed by atoms with Crippen LogP contribution in [0.25, 0.3) is 22.3 Å². The number of halogens is 3. The minimum absolute atomic E-state index is 0.307. The molecule has 1 heterocycles. The van der Waals surface area contributed by atoms with E-state index in [1.807, 2.05) is 18.2 Å². The molecule has 1 aliphatic heterocycles. The molecule has 0 bridgehead atoms. The molecule has 0 radical (unpaired) electrons. The minimum Gasteiger partial charge on any atom is -0.366 e. The number of alkyl halides is 3. The summed E-state index contributed by atoms with van der Waals surface area (Å²) >= 11 is 0. The van der Waals surface area contributed by atoms with E-state index in [9.17, 15) is 18.0 Å². The number of benzene rings is 3. The van der Waals surface area contributed by atoms with Gasteiger partial charge in [-0.2, -0.15) is 13.2 Å². The molecule has 0 atom stereocenters. The number of hydrogen-bond donors (Lipinski definition) is 2. The molecular weight excluding hydrogens is 377 g/mol. The second-order valence-electron chi connectivity index (χ2n) is 7.08. The smallest absolute Gasteiger partial charge is 0.366 e. The van der Waals surface area contributed by atoms with Crippen LogP contribution < -0.4 is 11.1 Å². The van der Waals surface area contributed by atoms with Crippen LogP contribution in [0.4, 0.5) is 13.2 Å². The molecule has 0 aromatic heterocycles. The summed E-state index contributed by atoms with van der Waals surface area (Å²) in [5.74, 6) is -0.616. The van der Waals surface area contributed by atoms with Gasteiger partial charge < -0.3 is 11.1 Å². The topological polar surface area (TPSA) is 55.1 Å². The number of nitrogens with one attached hydrogen (secondary N) is 1. The summed E-state index contributed by atoms with van der Waals surface area (Å²) in [6, 6.07) is 16.1. The number of carbonyl (C=O) groups excluding carboxylic acids is 1. The molecule has 3 nitrogen and oxygen atoms in total. The Bertz CT molecular complexity index is 1070. The van der Waals surface area contributed by atoms with E-state index in [0.717, 1.165) is 37.2 Å². The molecule has 29 heavy (non-hydrogen) atoms. The van der Waals surface area contributed by atoms with Crippen molar-refractivity contribution in [2.24, 2.45) is 5.73 Å². The van der Waals surface area contributed by atoms with E-state index in [1.54, 1.807) is 12.1 Å². The van der Waals surface area contributed by atoms with Crippen LogP contribution in [0.3, 0.4) is 0 Å². The molecule has 0 spiro atoms. The summed E-state index contributed by atoms with van der Waals surface area (Å²) in [5, 5.41) is 3.32. The molecule has 3 aromatic carbocycles. The highest BCUT2D eigenvalue weighted by Gasteiger charge is 2.30. The normalized spacial score (nSPS) is 13.8. The van der Waals surface area contributed by atoms with Crippen LogP contribution in [0.1, 0.15) is 27.0 Å². The Balaban J connectivity index is 1.82. The van der Waals surface area contributed by atoms with Gasteiger partial charge in [0.25, 0.3) is 0 Å². The predicted molar refractivity (Wildman–Crippen MR) is 106 cm³/mol. The van der Waals surface area contributed by atoms with Gasteiger partial charge in [0.15, 0.2) is 0 Å². The maximum atomic E-state index is 12.9. The lowest BCUT2D eigenvalue weighted by molar-refractivity contribution is -0.137. The van der Waals surface area contributed by atoms with E-state index >= 15 is 0 Å². The summed E-state index contributed by atoms with van der Waals surface area (Å²) in [5.41, 5.74) is 10.3. The molecule has 148 valence electrons. The number of nitrogens with two attached hydrogens (primary N) is 1. The van der Waals surface area contributed by atoms with Gasteiger partial charge in [-0.05, 0) is 58.5 Å². The maximum absolute atomic E-state index is 12.9. The Labute approximate surface area is 166 Å². The van der Waals surface area contributed by atoms with E-state index in [-0.39, 0.29) is 0 Å². The molecule has 6 heteroatoms. The van der Waals surface area contributed by atoms with Crippen molar-refractivity contribution in [3.05, 3.63) is 82.9 Å². The highest BCUT2D eigenvalue weighted by molar-refractivity contribution is 6.06. The largest absolute Gasteiger partial charge is 0.416 e. The standard InChI is InChI=1S/C23H19F3N2O/c24-23(25,26)18-8-6-14(7-9-18)19-2-1-3-20(21(19)22(27)29)16-4-5-17-13-28-11-10-15(17)12-16/h1-9,12,28H,10-11,13H2,(H2,27,29). The molecule has 0 saturated heterocycles. The number of primary amides is 1. The van der Waals surface area contributed by atoms with Crippen LogP contribution in [-0.2, 0) is 19.1 Å². The summed E-state index contributed by atoms with van der Waals surface area (Å²) < 4.78 is 38.6. The first-order valence-electron chi connectivity index (χ1n) is 9.28. The third-order valence-electron chi connectivity index (χ3n) is 5.24. The molecule has 3 N–H and O–H groups in total. The minimum atomic E-state index is -4.41. The second kappa shape index (κ2) is 7.37. The van der Waals surface area contributed by atoms with Crippen LogP contribution in [-0.4, -0.2) is 12.5 Å². The zero-order valence-electron chi connectivity index (χ0n) is 15.5. The molecule has 0 fully saturated rings. The Morgan fingerprint density at radius 3 is 2.21 bits per heavy atom. The zero-order valence-corrected chi connectivity index (χ0v) is 15.5. The van der Waals surface area contributed by atoms with E-state index < -0.39 is 17.6 Å². The quantitative estimate of drug-likeness (QED) is 0.669. The van der Waals surface area contributed by atoms with Crippen LogP contribution in [0.5, 0.6) is 0 Å². The fourth-order valence-electron chi connectivity index (χ4n) is 3.78. The molecule has 1 aliphatic rings. The van der Waals surface area contributed by atoms with Crippen molar-refractivity contribution in [3.63, 3.8) is 0 Å². The van der Waals surface area contributed by atoms with Crippen molar-refractivity contribution in [2.45, 2.75) is 19.1 Å². The van der Waals surface area contributed by atoms with E-state index in [2.05, 4.69) is 11.4 Å². The van der Waals surface area contributed by atoms with Gasteiger partial charge >= 0.3 is 6.18 Å². The Hall–Kier alpha value is -3.12. The molecule has 0 saturated carbocycles. The average molecular weight is 396 g/mol. The van der Waals surface area contributed by atoms with Crippen molar-refractivity contribution in [1.82, 2.24) is 5.32 Å². The third kappa shape index (κ3) is 3.76. The number of fused-ring (bicyclic) bond motifs is 1. The van der Waals surface area contributed by atoms with E-state index in [4.69, 9.17) is 5.73 Å². The molecule has 0 aliphatic carbocycles. The van der Waals surface area contributed by atoms with Crippen molar-refractivity contribution in [2.75, 3.05) is 6.54 Å². The van der Waals surface area contributed by atoms with Gasteiger partial charge in [0.2, 0.25) is 5.91 Å². The first-order chi connectivity index (χ1) is 13.8. The van der Waals surface area contributed by atoms with Crippen LogP contribution in [0.2, 0.25) is 0 Å². The second-order valence-corrected chi connectivity index (χ2v) is 7.08. The highest BCUT2D eigenvalue weighted by Crippen LogP contribution is 2.35. The van der Waals surface area contributed by atoms with Crippen molar-refractivity contribution in [1.29, 1.82) is 0 Å². The first kappa shape index (κ1) is 19.2. The Kier molecular flexibility index (Phi) is 4.88. The number of carbonyl (C=O) groups is 1. The summed E-state index contributed by atoms with van der Waals surface area (Å²) in [7, 11) is 0. The first-order valence-corrected chi connectivity index (χ1v) is 9.28. The highest BCUT2D eigenvalue weighted by atomic mass is 19.4. The monoisotopic (exact) mass is 396 g/mol. The van der Waals surface area contributed by atoms with Gasteiger partial charge in [0, 0.05) is 6.54 Å². The van der Waals surface area contributed by atoms with Crippen LogP contribution in [0.15, 0.2) is 60.7 Å². The van der Waals surface area contributed by atoms with Gasteiger partial charge in [-0.15, -0.1) is 0 Å². The fraction of sp³-hybridized carbons (Fsp3) is 0.174. The van der Waals surface area contributed by atoms with Crippen molar-refractivity contribution >= 4 is 5.91 Å². The van der Waals surface area contributed by atoms with Crippen molar-refractivity contribution < 1.29 is 18.0 Å². The molecule has 0 unspecified atom stereocenters. The van der Waals surface area contributed by atoms with E-state index in [0.29, 0.717) is 22.3 Å². The Morgan fingerprint density at radius 1 is 0.897 bits per heavy atom. The number of rotatable bonds is 3. The summed E-state index contributed by atoms with van der Waals surface area (Å²) in [6.45, 7) is 1.70. The van der Waals surface area contributed by atoms with Gasteiger partial charge in [-0.1, -0.05) is 48.5 Å².